The number of esters is 3. The van der Waals surface area contributed by atoms with Gasteiger partial charge in [-0.1, -0.05) is 269 Å². The largest absolute Gasteiger partial charge is 0.462 e. The van der Waals surface area contributed by atoms with Gasteiger partial charge in [-0.25, -0.2) is 0 Å². The van der Waals surface area contributed by atoms with Crippen molar-refractivity contribution in [3.05, 3.63) is 36.5 Å². The van der Waals surface area contributed by atoms with E-state index in [0.29, 0.717) is 19.3 Å². The molecular weight excluding hydrogens is 805 g/mol. The maximum absolute atomic E-state index is 12.8. The third-order valence-electron chi connectivity index (χ3n) is 12.7. The Kier molecular flexibility index (Phi) is 52.3. The lowest BCUT2D eigenvalue weighted by atomic mass is 10.0. The zero-order valence-electron chi connectivity index (χ0n) is 43.5. The fourth-order valence-corrected chi connectivity index (χ4v) is 8.40. The van der Waals surface area contributed by atoms with Gasteiger partial charge in [0.15, 0.2) is 6.10 Å². The van der Waals surface area contributed by atoms with Crippen molar-refractivity contribution in [2.45, 2.75) is 309 Å². The monoisotopic (exact) mass is 913 g/mol. The van der Waals surface area contributed by atoms with Gasteiger partial charge in [-0.3, -0.25) is 14.4 Å². The summed E-state index contributed by atoms with van der Waals surface area (Å²) < 4.78 is 16.9. The Morgan fingerprint density at radius 3 is 0.938 bits per heavy atom. The quantitative estimate of drug-likeness (QED) is 0.0262. The molecule has 0 rings (SSSR count). The molecule has 0 bridgehead atoms. The Labute approximate surface area is 404 Å². The summed E-state index contributed by atoms with van der Waals surface area (Å²) in [5, 5.41) is 0. The van der Waals surface area contributed by atoms with Gasteiger partial charge < -0.3 is 14.2 Å². The van der Waals surface area contributed by atoms with Gasteiger partial charge in [0.25, 0.3) is 0 Å². The minimum absolute atomic E-state index is 0.0745. The first-order valence-corrected chi connectivity index (χ1v) is 28.5. The van der Waals surface area contributed by atoms with E-state index in [0.717, 1.165) is 96.3 Å². The second kappa shape index (κ2) is 54.2. The fourth-order valence-electron chi connectivity index (χ4n) is 8.40. The summed E-state index contributed by atoms with van der Waals surface area (Å²) >= 11 is 0. The predicted molar refractivity (Wildman–Crippen MR) is 279 cm³/mol. The molecule has 0 N–H and O–H groups in total. The number of hydrogen-bond donors (Lipinski definition) is 0. The maximum Gasteiger partial charge on any atom is 0.306 e. The number of unbranched alkanes of at least 4 members (excludes halogenated alkanes) is 35. The van der Waals surface area contributed by atoms with Gasteiger partial charge in [-0.2, -0.15) is 0 Å². The molecule has 0 heterocycles. The molecule has 0 aliphatic heterocycles. The van der Waals surface area contributed by atoms with E-state index >= 15 is 0 Å². The molecule has 0 fully saturated rings. The van der Waals surface area contributed by atoms with Gasteiger partial charge in [0.05, 0.1) is 0 Å². The highest BCUT2D eigenvalue weighted by Crippen LogP contribution is 2.17. The van der Waals surface area contributed by atoms with Crippen LogP contribution in [0.2, 0.25) is 0 Å². The minimum atomic E-state index is -0.776. The Morgan fingerprint density at radius 2 is 0.600 bits per heavy atom. The summed E-state index contributed by atoms with van der Waals surface area (Å²) in [7, 11) is 0. The average molecular weight is 914 g/mol. The van der Waals surface area contributed by atoms with Crippen molar-refractivity contribution in [2.75, 3.05) is 13.2 Å². The first kappa shape index (κ1) is 62.6. The van der Waals surface area contributed by atoms with E-state index in [1.165, 1.54) is 167 Å². The van der Waals surface area contributed by atoms with Gasteiger partial charge in [0.1, 0.15) is 13.2 Å². The van der Waals surface area contributed by atoms with Crippen LogP contribution in [0.4, 0.5) is 0 Å². The summed E-state index contributed by atoms with van der Waals surface area (Å²) in [4.78, 5) is 38.1. The first-order chi connectivity index (χ1) is 32.0. The maximum atomic E-state index is 12.8. The fraction of sp³-hybridized carbons (Fsp3) is 0.847. The molecule has 6 nitrogen and oxygen atoms in total. The van der Waals surface area contributed by atoms with E-state index < -0.39 is 6.10 Å². The number of carbonyl (C=O) groups is 3. The number of hydrogen-bond acceptors (Lipinski definition) is 6. The molecule has 1 atom stereocenters. The molecule has 0 aromatic rings. The van der Waals surface area contributed by atoms with Crippen LogP contribution in [0.1, 0.15) is 303 Å². The van der Waals surface area contributed by atoms with Crippen molar-refractivity contribution in [1.82, 2.24) is 0 Å². The molecule has 0 aliphatic carbocycles. The minimum Gasteiger partial charge on any atom is -0.462 e. The molecular formula is C59H108O6. The summed E-state index contributed by atoms with van der Waals surface area (Å²) in [6.45, 7) is 6.56. The Morgan fingerprint density at radius 1 is 0.323 bits per heavy atom. The number of ether oxygens (including phenoxy) is 3. The van der Waals surface area contributed by atoms with Crippen molar-refractivity contribution in [3.63, 3.8) is 0 Å². The van der Waals surface area contributed by atoms with Crippen molar-refractivity contribution in [3.8, 4) is 0 Å². The number of rotatable bonds is 52. The molecule has 0 aromatic carbocycles. The molecule has 380 valence electrons. The molecule has 0 aliphatic rings. The highest BCUT2D eigenvalue weighted by Gasteiger charge is 2.19. The number of allylic oxidation sites excluding steroid dienone is 6. The smallest absolute Gasteiger partial charge is 0.306 e. The molecule has 0 radical (unpaired) electrons. The Balaban J connectivity index is 4.32. The van der Waals surface area contributed by atoms with Crippen molar-refractivity contribution in [2.24, 2.45) is 0 Å². The molecule has 0 spiro atoms. The summed E-state index contributed by atoms with van der Waals surface area (Å²) in [5.41, 5.74) is 0. The third kappa shape index (κ3) is 52.5. The molecule has 0 aromatic heterocycles. The van der Waals surface area contributed by atoms with Crippen LogP contribution in [0.5, 0.6) is 0 Å². The van der Waals surface area contributed by atoms with E-state index in [-0.39, 0.29) is 31.1 Å². The van der Waals surface area contributed by atoms with Crippen LogP contribution in [0.25, 0.3) is 0 Å². The SMILES string of the molecule is CC/C=C\C/C=C\C/C=C\CCCCCCCC(=O)OC(COC(=O)CCCCCCCCCCCCCCC)COC(=O)CCCCCCCCCCCCCCCCCCCCC. The van der Waals surface area contributed by atoms with Gasteiger partial charge in [0.2, 0.25) is 0 Å². The van der Waals surface area contributed by atoms with Crippen LogP contribution in [-0.2, 0) is 28.6 Å². The number of carbonyl (C=O) groups excluding carboxylic acids is 3. The predicted octanol–water partition coefficient (Wildman–Crippen LogP) is 18.9. The first-order valence-electron chi connectivity index (χ1n) is 28.5. The van der Waals surface area contributed by atoms with Gasteiger partial charge >= 0.3 is 17.9 Å². The Hall–Kier alpha value is -2.37. The lowest BCUT2D eigenvalue weighted by molar-refractivity contribution is -0.167. The molecule has 0 amide bonds. The van der Waals surface area contributed by atoms with E-state index in [1.54, 1.807) is 0 Å². The molecule has 1 unspecified atom stereocenters. The second-order valence-corrected chi connectivity index (χ2v) is 19.2. The average Bonchev–Trinajstić information content (AvgIpc) is 3.30. The van der Waals surface area contributed by atoms with Gasteiger partial charge in [-0.05, 0) is 51.4 Å². The van der Waals surface area contributed by atoms with Crippen LogP contribution in [0, 0.1) is 0 Å². The van der Waals surface area contributed by atoms with Gasteiger partial charge in [-0.15, -0.1) is 0 Å². The lowest BCUT2D eigenvalue weighted by Gasteiger charge is -2.18. The van der Waals surface area contributed by atoms with Crippen molar-refractivity contribution < 1.29 is 28.6 Å². The van der Waals surface area contributed by atoms with Crippen molar-refractivity contribution in [1.29, 1.82) is 0 Å². The summed E-state index contributed by atoms with van der Waals surface area (Å²) in [6.07, 6.45) is 64.2. The standard InChI is InChI=1S/C59H108O6/c1-4-7-10-13-16-19-22-25-27-28-29-30-32-34-37-40-43-46-49-52-58(61)64-55-56(54-63-57(60)51-48-45-42-39-36-33-24-21-18-15-12-9-6-3)65-59(62)53-50-47-44-41-38-35-31-26-23-20-17-14-11-8-5-2/h8,11,17,20,26,31,56H,4-7,9-10,12-16,18-19,21-25,27-30,32-55H2,1-3H3/b11-8-,20-17-,31-26-. The van der Waals surface area contributed by atoms with Crippen LogP contribution in [0.3, 0.4) is 0 Å². The van der Waals surface area contributed by atoms with Crippen LogP contribution >= 0.6 is 0 Å². The summed E-state index contributed by atoms with van der Waals surface area (Å²) in [6, 6.07) is 0. The van der Waals surface area contributed by atoms with E-state index in [4.69, 9.17) is 14.2 Å². The zero-order chi connectivity index (χ0) is 47.2. The zero-order valence-corrected chi connectivity index (χ0v) is 43.5. The van der Waals surface area contributed by atoms with Crippen LogP contribution in [0.15, 0.2) is 36.5 Å². The highest BCUT2D eigenvalue weighted by atomic mass is 16.6. The Bertz CT molecular complexity index is 1090. The molecule has 6 heteroatoms. The molecule has 0 saturated heterocycles. The van der Waals surface area contributed by atoms with Crippen LogP contribution < -0.4 is 0 Å². The summed E-state index contributed by atoms with van der Waals surface area (Å²) in [5.74, 6) is -0.873. The lowest BCUT2D eigenvalue weighted by Crippen LogP contribution is -2.30. The van der Waals surface area contributed by atoms with E-state index in [1.807, 2.05) is 0 Å². The molecule has 65 heavy (non-hydrogen) atoms. The topological polar surface area (TPSA) is 78.9 Å². The third-order valence-corrected chi connectivity index (χ3v) is 12.7. The molecule has 0 saturated carbocycles. The van der Waals surface area contributed by atoms with Crippen LogP contribution in [-0.4, -0.2) is 37.2 Å². The van der Waals surface area contributed by atoms with E-state index in [2.05, 4.69) is 57.2 Å². The van der Waals surface area contributed by atoms with Crippen molar-refractivity contribution >= 4 is 17.9 Å². The van der Waals surface area contributed by atoms with E-state index in [9.17, 15) is 14.4 Å². The van der Waals surface area contributed by atoms with Gasteiger partial charge in [0, 0.05) is 19.3 Å². The second-order valence-electron chi connectivity index (χ2n) is 19.2. The normalized spacial score (nSPS) is 12.2. The highest BCUT2D eigenvalue weighted by molar-refractivity contribution is 5.71.